The van der Waals surface area contributed by atoms with Crippen molar-refractivity contribution in [1.29, 1.82) is 0 Å². The molecule has 2 aliphatic heterocycles. The van der Waals surface area contributed by atoms with E-state index in [1.54, 1.807) is 6.20 Å². The first-order chi connectivity index (χ1) is 11.2. The highest BCUT2D eigenvalue weighted by Crippen LogP contribution is 2.16. The predicted molar refractivity (Wildman–Crippen MR) is 91.2 cm³/mol. The third-order valence-corrected chi connectivity index (χ3v) is 4.67. The Labute approximate surface area is 142 Å². The number of hydrogen-bond acceptors (Lipinski definition) is 6. The van der Waals surface area contributed by atoms with Crippen molar-refractivity contribution >= 4 is 17.4 Å². The Morgan fingerprint density at radius 3 is 2.30 bits per heavy atom. The molecule has 128 valence electrons. The summed E-state index contributed by atoms with van der Waals surface area (Å²) in [4.78, 5) is 11.2. The second-order valence-corrected chi connectivity index (χ2v) is 6.63. The molecule has 1 unspecified atom stereocenters. The van der Waals surface area contributed by atoms with E-state index in [0.29, 0.717) is 5.02 Å². The van der Waals surface area contributed by atoms with E-state index in [-0.39, 0.29) is 6.10 Å². The average Bonchev–Trinajstić information content (AvgIpc) is 2.57. The number of β-amino-alcohol motifs (C(OH)–C–C–N with tert-alkyl or cyclic N) is 1. The van der Waals surface area contributed by atoms with Crippen molar-refractivity contribution < 1.29 is 9.84 Å². The third kappa shape index (κ3) is 5.02. The zero-order valence-corrected chi connectivity index (χ0v) is 14.2. The van der Waals surface area contributed by atoms with Crippen LogP contribution in [0, 0.1) is 0 Å². The smallest absolute Gasteiger partial charge is 0.128 e. The molecule has 0 saturated carbocycles. The maximum Gasteiger partial charge on any atom is 0.128 e. The molecule has 0 aliphatic carbocycles. The number of pyridine rings is 1. The Bertz CT molecular complexity index is 473. The number of aliphatic hydroxyl groups is 1. The van der Waals surface area contributed by atoms with Crippen LogP contribution in [0.25, 0.3) is 0 Å². The first kappa shape index (κ1) is 16.9. The van der Waals surface area contributed by atoms with Gasteiger partial charge in [-0.05, 0) is 12.1 Å². The topological polar surface area (TPSA) is 52.1 Å². The van der Waals surface area contributed by atoms with Gasteiger partial charge in [0, 0.05) is 58.6 Å². The summed E-state index contributed by atoms with van der Waals surface area (Å²) in [6, 6.07) is 3.84. The van der Waals surface area contributed by atoms with Gasteiger partial charge in [0.05, 0.1) is 24.3 Å². The number of halogens is 1. The summed E-state index contributed by atoms with van der Waals surface area (Å²) in [6.07, 6.45) is 1.39. The lowest BCUT2D eigenvalue weighted by Crippen LogP contribution is -2.51. The summed E-state index contributed by atoms with van der Waals surface area (Å²) in [5.41, 5.74) is 0. The minimum Gasteiger partial charge on any atom is -0.390 e. The van der Waals surface area contributed by atoms with E-state index < -0.39 is 0 Å². The van der Waals surface area contributed by atoms with Crippen molar-refractivity contribution in [2.75, 3.05) is 70.5 Å². The van der Waals surface area contributed by atoms with Crippen LogP contribution in [-0.2, 0) is 4.74 Å². The molecular weight excluding hydrogens is 316 g/mol. The van der Waals surface area contributed by atoms with Gasteiger partial charge in [-0.25, -0.2) is 4.98 Å². The summed E-state index contributed by atoms with van der Waals surface area (Å²) in [7, 11) is 0. The van der Waals surface area contributed by atoms with Gasteiger partial charge in [0.25, 0.3) is 0 Å². The van der Waals surface area contributed by atoms with Gasteiger partial charge in [-0.1, -0.05) is 11.6 Å². The number of morpholine rings is 1. The fourth-order valence-corrected chi connectivity index (χ4v) is 3.26. The molecule has 1 atom stereocenters. The van der Waals surface area contributed by atoms with Gasteiger partial charge in [-0.2, -0.15) is 0 Å². The largest absolute Gasteiger partial charge is 0.390 e. The molecule has 23 heavy (non-hydrogen) atoms. The van der Waals surface area contributed by atoms with Crippen molar-refractivity contribution in [3.63, 3.8) is 0 Å². The quantitative estimate of drug-likeness (QED) is 0.845. The summed E-state index contributed by atoms with van der Waals surface area (Å²) in [6.45, 7) is 8.63. The van der Waals surface area contributed by atoms with Crippen molar-refractivity contribution in [2.45, 2.75) is 6.10 Å². The van der Waals surface area contributed by atoms with Gasteiger partial charge in [-0.15, -0.1) is 0 Å². The number of anilines is 1. The average molecular weight is 341 g/mol. The van der Waals surface area contributed by atoms with Gasteiger partial charge >= 0.3 is 0 Å². The molecule has 2 aliphatic rings. The fourth-order valence-electron chi connectivity index (χ4n) is 3.15. The predicted octanol–water partition coefficient (Wildman–Crippen LogP) is 0.550. The highest BCUT2D eigenvalue weighted by atomic mass is 35.5. The maximum absolute atomic E-state index is 10.3. The Morgan fingerprint density at radius 2 is 1.70 bits per heavy atom. The van der Waals surface area contributed by atoms with Crippen molar-refractivity contribution in [1.82, 2.24) is 14.8 Å². The van der Waals surface area contributed by atoms with Crippen LogP contribution in [0.5, 0.6) is 0 Å². The van der Waals surface area contributed by atoms with E-state index in [4.69, 9.17) is 16.3 Å². The van der Waals surface area contributed by atoms with Gasteiger partial charge in [0.1, 0.15) is 5.82 Å². The number of piperazine rings is 1. The van der Waals surface area contributed by atoms with Crippen LogP contribution in [0.1, 0.15) is 0 Å². The molecule has 1 aromatic heterocycles. The Balaban J connectivity index is 1.40. The fraction of sp³-hybridized carbons (Fsp3) is 0.688. The molecular formula is C16H25ClN4O2. The molecule has 3 heterocycles. The molecule has 1 aromatic rings. The zero-order chi connectivity index (χ0) is 16.1. The van der Waals surface area contributed by atoms with E-state index in [1.807, 2.05) is 12.1 Å². The molecule has 0 amide bonds. The zero-order valence-electron chi connectivity index (χ0n) is 13.4. The van der Waals surface area contributed by atoms with Gasteiger partial charge < -0.3 is 14.7 Å². The Hall–Kier alpha value is -0.920. The number of ether oxygens (including phenoxy) is 1. The van der Waals surface area contributed by atoms with Crippen LogP contribution < -0.4 is 4.90 Å². The second kappa shape index (κ2) is 8.26. The lowest BCUT2D eigenvalue weighted by Gasteiger charge is -2.37. The summed E-state index contributed by atoms with van der Waals surface area (Å²) < 4.78 is 5.34. The van der Waals surface area contributed by atoms with E-state index in [0.717, 1.165) is 71.4 Å². The second-order valence-electron chi connectivity index (χ2n) is 6.19. The molecule has 0 aromatic carbocycles. The van der Waals surface area contributed by atoms with Crippen LogP contribution in [0.4, 0.5) is 5.82 Å². The SMILES string of the molecule is OC(CN1CCOCC1)CN1CCN(c2ccc(Cl)cn2)CC1. The number of aromatic nitrogens is 1. The van der Waals surface area contributed by atoms with E-state index in [9.17, 15) is 5.11 Å². The van der Waals surface area contributed by atoms with E-state index >= 15 is 0 Å². The number of nitrogens with zero attached hydrogens (tertiary/aromatic N) is 4. The van der Waals surface area contributed by atoms with Crippen LogP contribution in [-0.4, -0.2) is 91.6 Å². The molecule has 2 fully saturated rings. The number of rotatable bonds is 5. The Kier molecular flexibility index (Phi) is 6.08. The highest BCUT2D eigenvalue weighted by molar-refractivity contribution is 6.30. The normalized spacial score (nSPS) is 22.3. The van der Waals surface area contributed by atoms with Gasteiger partial charge in [-0.3, -0.25) is 9.80 Å². The third-order valence-electron chi connectivity index (χ3n) is 4.45. The van der Waals surface area contributed by atoms with E-state index in [1.165, 1.54) is 0 Å². The van der Waals surface area contributed by atoms with Gasteiger partial charge in [0.2, 0.25) is 0 Å². The number of hydrogen-bond donors (Lipinski definition) is 1. The van der Waals surface area contributed by atoms with Crippen LogP contribution >= 0.6 is 11.6 Å². The lowest BCUT2D eigenvalue weighted by atomic mass is 10.2. The standard InChI is InChI=1S/C16H25ClN4O2/c17-14-1-2-16(18-11-14)21-5-3-19(4-6-21)12-15(22)13-20-7-9-23-10-8-20/h1-2,11,15,22H,3-10,12-13H2. The molecule has 0 radical (unpaired) electrons. The molecule has 6 nitrogen and oxygen atoms in total. The molecule has 0 spiro atoms. The summed E-state index contributed by atoms with van der Waals surface area (Å²) >= 11 is 5.88. The molecule has 2 saturated heterocycles. The summed E-state index contributed by atoms with van der Waals surface area (Å²) in [5, 5.41) is 11.0. The minimum absolute atomic E-state index is 0.298. The maximum atomic E-state index is 10.3. The lowest BCUT2D eigenvalue weighted by molar-refractivity contribution is 0.00655. The first-order valence-electron chi connectivity index (χ1n) is 8.28. The summed E-state index contributed by atoms with van der Waals surface area (Å²) in [5.74, 6) is 0.975. The van der Waals surface area contributed by atoms with Crippen molar-refractivity contribution in [3.05, 3.63) is 23.4 Å². The van der Waals surface area contributed by atoms with Crippen LogP contribution in [0.2, 0.25) is 5.02 Å². The number of aliphatic hydroxyl groups excluding tert-OH is 1. The molecule has 3 rings (SSSR count). The van der Waals surface area contributed by atoms with Crippen LogP contribution in [0.15, 0.2) is 18.3 Å². The molecule has 1 N–H and O–H groups in total. The minimum atomic E-state index is -0.298. The highest BCUT2D eigenvalue weighted by Gasteiger charge is 2.21. The van der Waals surface area contributed by atoms with Crippen molar-refractivity contribution in [2.24, 2.45) is 0 Å². The first-order valence-corrected chi connectivity index (χ1v) is 8.65. The van der Waals surface area contributed by atoms with E-state index in [2.05, 4.69) is 19.7 Å². The molecule has 0 bridgehead atoms. The van der Waals surface area contributed by atoms with Gasteiger partial charge in [0.15, 0.2) is 0 Å². The Morgan fingerprint density at radius 1 is 1.04 bits per heavy atom. The van der Waals surface area contributed by atoms with Crippen molar-refractivity contribution in [3.8, 4) is 0 Å². The van der Waals surface area contributed by atoms with Crippen LogP contribution in [0.3, 0.4) is 0 Å². The monoisotopic (exact) mass is 340 g/mol. The molecule has 7 heteroatoms.